The largest absolute Gasteiger partial charge is 0.493 e. The topological polar surface area (TPSA) is 112 Å². The number of methoxy groups -OCH3 is 2. The Labute approximate surface area is 199 Å². The maximum atomic E-state index is 12.3. The number of alkyl carbamates (subject to hydrolysis) is 1. The molecule has 190 valence electrons. The Kier molecular flexibility index (Phi) is 12.5. The predicted molar refractivity (Wildman–Crippen MR) is 130 cm³/mol. The summed E-state index contributed by atoms with van der Waals surface area (Å²) in [6.07, 6.45) is 0.673. The highest BCUT2D eigenvalue weighted by Crippen LogP contribution is 2.31. The molecule has 0 saturated carbocycles. The number of hydrogen-bond donors (Lipinski definition) is 3. The highest BCUT2D eigenvalue weighted by molar-refractivity contribution is 5.68. The second-order valence-corrected chi connectivity index (χ2v) is 9.68. The lowest BCUT2D eigenvalue weighted by Gasteiger charge is -2.31. The molecule has 0 aliphatic carbocycles. The lowest BCUT2D eigenvalue weighted by atomic mass is 9.83. The number of aliphatic hydroxyl groups is 1. The smallest absolute Gasteiger partial charge is 0.407 e. The average molecular weight is 469 g/mol. The summed E-state index contributed by atoms with van der Waals surface area (Å²) in [7, 11) is 3.29. The molecular weight excluding hydrogens is 424 g/mol. The summed E-state index contributed by atoms with van der Waals surface area (Å²) in [5.74, 6) is 1.87. The van der Waals surface area contributed by atoms with Gasteiger partial charge in [-0.3, -0.25) is 0 Å². The van der Waals surface area contributed by atoms with E-state index in [2.05, 4.69) is 19.2 Å². The van der Waals surface area contributed by atoms with Gasteiger partial charge in [0.25, 0.3) is 0 Å². The fraction of sp³-hybridized carbons (Fsp3) is 0.720. The summed E-state index contributed by atoms with van der Waals surface area (Å²) in [6, 6.07) is 5.41. The van der Waals surface area contributed by atoms with Crippen LogP contribution >= 0.6 is 0 Å². The van der Waals surface area contributed by atoms with Crippen LogP contribution in [0.25, 0.3) is 0 Å². The van der Waals surface area contributed by atoms with Gasteiger partial charge in [0.1, 0.15) is 5.60 Å². The number of carbonyl (C=O) groups is 1. The molecule has 0 radical (unpaired) electrons. The van der Waals surface area contributed by atoms with Crippen LogP contribution in [0.4, 0.5) is 4.79 Å². The Morgan fingerprint density at radius 3 is 2.39 bits per heavy atom. The Morgan fingerprint density at radius 2 is 1.85 bits per heavy atom. The number of ether oxygens (including phenoxy) is 4. The molecule has 8 heteroatoms. The van der Waals surface area contributed by atoms with E-state index in [0.29, 0.717) is 37.1 Å². The number of amides is 1. The molecule has 0 fully saturated rings. The zero-order valence-corrected chi connectivity index (χ0v) is 21.3. The van der Waals surface area contributed by atoms with Crippen LogP contribution in [0.2, 0.25) is 0 Å². The van der Waals surface area contributed by atoms with E-state index < -0.39 is 23.8 Å². The van der Waals surface area contributed by atoms with Crippen molar-refractivity contribution in [1.82, 2.24) is 5.32 Å². The Morgan fingerprint density at radius 1 is 1.15 bits per heavy atom. The van der Waals surface area contributed by atoms with Crippen LogP contribution in [0.1, 0.15) is 53.0 Å². The van der Waals surface area contributed by atoms with Gasteiger partial charge in [0.2, 0.25) is 0 Å². The van der Waals surface area contributed by atoms with Crippen LogP contribution in [0.5, 0.6) is 11.5 Å². The zero-order valence-electron chi connectivity index (χ0n) is 21.3. The molecule has 4 N–H and O–H groups in total. The molecule has 0 bridgehead atoms. The van der Waals surface area contributed by atoms with E-state index in [1.165, 1.54) is 0 Å². The molecule has 3 atom stereocenters. The zero-order chi connectivity index (χ0) is 25.0. The molecule has 0 aliphatic heterocycles. The number of carbonyl (C=O) groups excluding carboxylic acids is 1. The van der Waals surface area contributed by atoms with Crippen molar-refractivity contribution in [2.24, 2.45) is 17.6 Å². The van der Waals surface area contributed by atoms with Gasteiger partial charge in [-0.15, -0.1) is 0 Å². The van der Waals surface area contributed by atoms with Gasteiger partial charge in [-0.2, -0.15) is 0 Å². The second-order valence-electron chi connectivity index (χ2n) is 9.68. The fourth-order valence-corrected chi connectivity index (χ4v) is 3.50. The van der Waals surface area contributed by atoms with E-state index in [9.17, 15) is 9.90 Å². The number of aliphatic hydroxyl groups excluding tert-OH is 1. The number of nitrogens with two attached hydrogens (primary N) is 1. The maximum absolute atomic E-state index is 12.3. The maximum Gasteiger partial charge on any atom is 0.407 e. The highest BCUT2D eigenvalue weighted by Gasteiger charge is 2.28. The van der Waals surface area contributed by atoms with Crippen LogP contribution in [0.15, 0.2) is 18.2 Å². The molecule has 0 spiro atoms. The van der Waals surface area contributed by atoms with Crippen molar-refractivity contribution < 1.29 is 28.8 Å². The fourth-order valence-electron chi connectivity index (χ4n) is 3.50. The molecule has 1 aromatic carbocycles. The molecule has 0 unspecified atom stereocenters. The minimum Gasteiger partial charge on any atom is -0.493 e. The van der Waals surface area contributed by atoms with E-state index in [1.54, 1.807) is 35.0 Å². The van der Waals surface area contributed by atoms with E-state index in [4.69, 9.17) is 24.7 Å². The summed E-state index contributed by atoms with van der Waals surface area (Å²) in [5.41, 5.74) is 6.19. The normalized spacial score (nSPS) is 14.5. The number of rotatable bonds is 14. The number of benzene rings is 1. The van der Waals surface area contributed by atoms with Crippen LogP contribution in [-0.2, 0) is 15.9 Å². The molecule has 8 nitrogen and oxygen atoms in total. The summed E-state index contributed by atoms with van der Waals surface area (Å²) in [6.45, 7) is 10.9. The molecule has 0 heterocycles. The third kappa shape index (κ3) is 11.1. The molecular formula is C25H44N2O6. The number of hydrogen-bond acceptors (Lipinski definition) is 7. The van der Waals surface area contributed by atoms with Gasteiger partial charge >= 0.3 is 6.09 Å². The van der Waals surface area contributed by atoms with Crippen molar-refractivity contribution in [3.8, 4) is 11.5 Å². The summed E-state index contributed by atoms with van der Waals surface area (Å²) in [4.78, 5) is 12.3. The molecule has 1 amide bonds. The Bertz CT molecular complexity index is 705. The van der Waals surface area contributed by atoms with E-state index >= 15 is 0 Å². The van der Waals surface area contributed by atoms with Gasteiger partial charge in [0.05, 0.1) is 25.9 Å². The van der Waals surface area contributed by atoms with Crippen LogP contribution in [-0.4, -0.2) is 62.9 Å². The lowest BCUT2D eigenvalue weighted by molar-refractivity contribution is 0.0400. The third-order valence-corrected chi connectivity index (χ3v) is 5.38. The van der Waals surface area contributed by atoms with E-state index in [0.717, 1.165) is 18.4 Å². The van der Waals surface area contributed by atoms with Crippen molar-refractivity contribution in [3.05, 3.63) is 23.8 Å². The van der Waals surface area contributed by atoms with Crippen molar-refractivity contribution in [2.45, 2.75) is 71.6 Å². The summed E-state index contributed by atoms with van der Waals surface area (Å²) < 4.78 is 21.8. The summed E-state index contributed by atoms with van der Waals surface area (Å²) in [5, 5.41) is 13.3. The monoisotopic (exact) mass is 468 g/mol. The van der Waals surface area contributed by atoms with Gasteiger partial charge in [-0.05, 0) is 63.1 Å². The van der Waals surface area contributed by atoms with Crippen LogP contribution in [0, 0.1) is 11.8 Å². The molecule has 1 rings (SSSR count). The number of nitrogens with one attached hydrogen (secondary N) is 1. The average Bonchev–Trinajstić information content (AvgIpc) is 2.73. The predicted octanol–water partition coefficient (Wildman–Crippen LogP) is 3.53. The van der Waals surface area contributed by atoms with Crippen molar-refractivity contribution in [3.63, 3.8) is 0 Å². The van der Waals surface area contributed by atoms with Crippen molar-refractivity contribution in [1.29, 1.82) is 0 Å². The van der Waals surface area contributed by atoms with Gasteiger partial charge in [-0.25, -0.2) is 4.79 Å². The first-order valence-electron chi connectivity index (χ1n) is 11.7. The van der Waals surface area contributed by atoms with E-state index in [-0.39, 0.29) is 12.5 Å². The quantitative estimate of drug-likeness (QED) is 0.358. The SMILES string of the molecule is COCCCOc1cc(C[C@H](C[C@H](NC(=O)OC(C)(C)C)[C@@H](O)CN)C(C)C)ccc1OC. The minimum atomic E-state index is -0.866. The van der Waals surface area contributed by atoms with Gasteiger partial charge in [-0.1, -0.05) is 19.9 Å². The Balaban J connectivity index is 2.96. The van der Waals surface area contributed by atoms with Crippen LogP contribution in [0.3, 0.4) is 0 Å². The Hall–Kier alpha value is -2.03. The van der Waals surface area contributed by atoms with Gasteiger partial charge in [0.15, 0.2) is 11.5 Å². The van der Waals surface area contributed by atoms with Gasteiger partial charge < -0.3 is 35.1 Å². The third-order valence-electron chi connectivity index (χ3n) is 5.38. The second kappa shape index (κ2) is 14.3. The van der Waals surface area contributed by atoms with Gasteiger partial charge in [0, 0.05) is 26.7 Å². The molecule has 0 aliphatic rings. The molecule has 1 aromatic rings. The first kappa shape index (κ1) is 29.0. The van der Waals surface area contributed by atoms with Crippen LogP contribution < -0.4 is 20.5 Å². The molecule has 0 aromatic heterocycles. The van der Waals surface area contributed by atoms with Crippen molar-refractivity contribution >= 4 is 6.09 Å². The highest BCUT2D eigenvalue weighted by atomic mass is 16.6. The first-order chi connectivity index (χ1) is 15.5. The summed E-state index contributed by atoms with van der Waals surface area (Å²) >= 11 is 0. The van der Waals surface area contributed by atoms with Crippen molar-refractivity contribution in [2.75, 3.05) is 34.0 Å². The lowest BCUT2D eigenvalue weighted by Crippen LogP contribution is -2.49. The molecule has 33 heavy (non-hydrogen) atoms. The van der Waals surface area contributed by atoms with E-state index in [1.807, 2.05) is 18.2 Å². The first-order valence-corrected chi connectivity index (χ1v) is 11.7. The molecule has 0 saturated heterocycles. The minimum absolute atomic E-state index is 0.0489. The standard InChI is InChI=1S/C25H44N2O6/c1-17(2)19(15-20(21(28)16-26)27-24(29)33-25(3,4)5)13-18-9-10-22(31-7)23(14-18)32-12-8-11-30-6/h9-10,14,17,19-21,28H,8,11-13,15-16,26H2,1-7H3,(H,27,29)/t19-,20+,21+/m1/s1.